The first-order valence-corrected chi connectivity index (χ1v) is 7.28. The van der Waals surface area contributed by atoms with Crippen molar-refractivity contribution in [3.05, 3.63) is 35.4 Å². The lowest BCUT2D eigenvalue weighted by atomic mass is 10.1. The number of likely N-dealkylation sites (N-methyl/N-ethyl adjacent to an activating group) is 1. The molecule has 0 fully saturated rings. The summed E-state index contributed by atoms with van der Waals surface area (Å²) in [5.74, 6) is 0. The van der Waals surface area contributed by atoms with Gasteiger partial charge in [0.2, 0.25) is 0 Å². The van der Waals surface area contributed by atoms with E-state index in [0.29, 0.717) is 0 Å². The number of fused-ring (bicyclic) bond motifs is 1. The normalized spacial score (nSPS) is 22.2. The summed E-state index contributed by atoms with van der Waals surface area (Å²) in [7, 11) is 4.22. The number of aliphatic hydroxyl groups excluding tert-OH is 1. The zero-order valence-corrected chi connectivity index (χ0v) is 12.3. The minimum absolute atomic E-state index is 0.254. The Labute approximate surface area is 116 Å². The van der Waals surface area contributed by atoms with E-state index in [4.69, 9.17) is 0 Å². The predicted molar refractivity (Wildman–Crippen MR) is 79.3 cm³/mol. The fraction of sp³-hybridized carbons (Fsp3) is 0.625. The van der Waals surface area contributed by atoms with Crippen LogP contribution in [0, 0.1) is 0 Å². The molecule has 0 bridgehead atoms. The molecule has 0 saturated carbocycles. The van der Waals surface area contributed by atoms with Gasteiger partial charge >= 0.3 is 0 Å². The van der Waals surface area contributed by atoms with Crippen molar-refractivity contribution in [2.24, 2.45) is 0 Å². The minimum Gasteiger partial charge on any atom is -0.387 e. The van der Waals surface area contributed by atoms with E-state index in [9.17, 15) is 5.11 Å². The number of aliphatic hydroxyl groups is 1. The van der Waals surface area contributed by atoms with E-state index < -0.39 is 0 Å². The third kappa shape index (κ3) is 3.35. The number of rotatable bonds is 6. The van der Waals surface area contributed by atoms with Crippen LogP contribution in [0.3, 0.4) is 0 Å². The van der Waals surface area contributed by atoms with Crippen LogP contribution in [-0.2, 0) is 6.42 Å². The molecule has 1 aliphatic carbocycles. The molecule has 19 heavy (non-hydrogen) atoms. The molecule has 0 spiro atoms. The second kappa shape index (κ2) is 6.51. The molecule has 0 radical (unpaired) electrons. The summed E-state index contributed by atoms with van der Waals surface area (Å²) < 4.78 is 0. The molecular formula is C16H26N2O. The Balaban J connectivity index is 1.98. The van der Waals surface area contributed by atoms with Crippen LogP contribution in [0.5, 0.6) is 0 Å². The quantitative estimate of drug-likeness (QED) is 0.848. The van der Waals surface area contributed by atoms with Gasteiger partial charge in [-0.15, -0.1) is 0 Å². The van der Waals surface area contributed by atoms with Crippen molar-refractivity contribution >= 4 is 0 Å². The second-order valence-corrected chi connectivity index (χ2v) is 5.70. The molecule has 2 rings (SSSR count). The zero-order valence-electron chi connectivity index (χ0n) is 12.3. The van der Waals surface area contributed by atoms with Gasteiger partial charge in [0.1, 0.15) is 0 Å². The van der Waals surface area contributed by atoms with Crippen LogP contribution in [-0.4, -0.2) is 54.7 Å². The van der Waals surface area contributed by atoms with Gasteiger partial charge in [0, 0.05) is 6.04 Å². The summed E-state index contributed by atoms with van der Waals surface area (Å²) in [5.41, 5.74) is 2.43. The van der Waals surface area contributed by atoms with Crippen LogP contribution >= 0.6 is 0 Å². The molecule has 2 unspecified atom stereocenters. The summed E-state index contributed by atoms with van der Waals surface area (Å²) in [5, 5.41) is 10.5. The van der Waals surface area contributed by atoms with Crippen molar-refractivity contribution in [2.45, 2.75) is 31.9 Å². The third-order valence-electron chi connectivity index (χ3n) is 4.09. The van der Waals surface area contributed by atoms with Crippen molar-refractivity contribution in [3.8, 4) is 0 Å². The third-order valence-corrected chi connectivity index (χ3v) is 4.09. The van der Waals surface area contributed by atoms with Gasteiger partial charge in [-0.2, -0.15) is 0 Å². The fourth-order valence-corrected chi connectivity index (χ4v) is 3.03. The molecule has 0 aliphatic heterocycles. The molecule has 3 nitrogen and oxygen atoms in total. The zero-order chi connectivity index (χ0) is 13.8. The number of benzene rings is 1. The summed E-state index contributed by atoms with van der Waals surface area (Å²) in [6.07, 6.45) is 1.81. The van der Waals surface area contributed by atoms with Gasteiger partial charge in [-0.25, -0.2) is 0 Å². The number of hydrogen-bond donors (Lipinski definition) is 1. The molecular weight excluding hydrogens is 236 g/mol. The maximum atomic E-state index is 10.5. The summed E-state index contributed by atoms with van der Waals surface area (Å²) >= 11 is 0. The molecule has 0 aromatic heterocycles. The second-order valence-electron chi connectivity index (χ2n) is 5.70. The van der Waals surface area contributed by atoms with Gasteiger partial charge in [-0.3, -0.25) is 4.90 Å². The Morgan fingerprint density at radius 2 is 1.95 bits per heavy atom. The smallest absolute Gasteiger partial charge is 0.0951 e. The summed E-state index contributed by atoms with van der Waals surface area (Å²) in [6, 6.07) is 8.55. The Bertz CT molecular complexity index is 405. The van der Waals surface area contributed by atoms with Gasteiger partial charge in [-0.05, 0) is 57.7 Å². The molecule has 106 valence electrons. The minimum atomic E-state index is -0.324. The van der Waals surface area contributed by atoms with Crippen molar-refractivity contribution in [2.75, 3.05) is 33.7 Å². The molecule has 1 aliphatic rings. The summed E-state index contributed by atoms with van der Waals surface area (Å²) in [6.45, 7) is 5.35. The average molecular weight is 262 g/mol. The van der Waals surface area contributed by atoms with E-state index in [1.807, 2.05) is 6.07 Å². The molecule has 1 aromatic carbocycles. The van der Waals surface area contributed by atoms with E-state index in [1.165, 1.54) is 5.56 Å². The van der Waals surface area contributed by atoms with Gasteiger partial charge in [0.15, 0.2) is 0 Å². The molecule has 0 heterocycles. The van der Waals surface area contributed by atoms with Gasteiger partial charge in [0.25, 0.3) is 0 Å². The number of hydrogen-bond acceptors (Lipinski definition) is 3. The first-order valence-electron chi connectivity index (χ1n) is 7.28. The molecule has 2 atom stereocenters. The van der Waals surface area contributed by atoms with Gasteiger partial charge in [-0.1, -0.05) is 31.2 Å². The average Bonchev–Trinajstić information content (AvgIpc) is 2.73. The highest BCUT2D eigenvalue weighted by atomic mass is 16.3. The number of nitrogens with zero attached hydrogens (tertiary/aromatic N) is 2. The molecule has 1 aromatic rings. The van der Waals surface area contributed by atoms with Crippen LogP contribution in [0.25, 0.3) is 0 Å². The lowest BCUT2D eigenvalue weighted by Gasteiger charge is -2.30. The highest BCUT2D eigenvalue weighted by Crippen LogP contribution is 2.34. The van der Waals surface area contributed by atoms with E-state index in [1.54, 1.807) is 0 Å². The highest BCUT2D eigenvalue weighted by molar-refractivity contribution is 5.35. The van der Waals surface area contributed by atoms with Crippen molar-refractivity contribution < 1.29 is 5.11 Å². The van der Waals surface area contributed by atoms with E-state index >= 15 is 0 Å². The van der Waals surface area contributed by atoms with E-state index in [0.717, 1.165) is 38.0 Å². The SMILES string of the molecule is CCN(CCCN(C)C)C1Cc2ccccc2C1O. The van der Waals surface area contributed by atoms with Gasteiger partial charge in [0.05, 0.1) is 6.10 Å². The topological polar surface area (TPSA) is 26.7 Å². The van der Waals surface area contributed by atoms with Crippen LogP contribution in [0.2, 0.25) is 0 Å². The Hall–Kier alpha value is -0.900. The lowest BCUT2D eigenvalue weighted by molar-refractivity contribution is 0.0618. The Kier molecular flexibility index (Phi) is 4.97. The van der Waals surface area contributed by atoms with Gasteiger partial charge < -0.3 is 10.0 Å². The maximum absolute atomic E-state index is 10.5. The van der Waals surface area contributed by atoms with Crippen LogP contribution in [0.4, 0.5) is 0 Å². The predicted octanol–water partition coefficient (Wildman–Crippen LogP) is 1.92. The standard InChI is InChI=1S/C16H26N2O/c1-4-18(11-7-10-17(2)3)15-12-13-8-5-6-9-14(13)16(15)19/h5-6,8-9,15-16,19H,4,7,10-12H2,1-3H3. The first kappa shape index (κ1) is 14.5. The summed E-state index contributed by atoms with van der Waals surface area (Å²) in [4.78, 5) is 4.64. The Morgan fingerprint density at radius 1 is 1.21 bits per heavy atom. The first-order chi connectivity index (χ1) is 9.13. The van der Waals surface area contributed by atoms with Crippen LogP contribution in [0.1, 0.15) is 30.6 Å². The van der Waals surface area contributed by atoms with Crippen molar-refractivity contribution in [1.29, 1.82) is 0 Å². The monoisotopic (exact) mass is 262 g/mol. The highest BCUT2D eigenvalue weighted by Gasteiger charge is 2.33. The van der Waals surface area contributed by atoms with Crippen molar-refractivity contribution in [1.82, 2.24) is 9.80 Å². The molecule has 0 saturated heterocycles. The van der Waals surface area contributed by atoms with E-state index in [2.05, 4.69) is 49.0 Å². The molecule has 3 heteroatoms. The van der Waals surface area contributed by atoms with Crippen molar-refractivity contribution in [3.63, 3.8) is 0 Å². The van der Waals surface area contributed by atoms with Crippen LogP contribution in [0.15, 0.2) is 24.3 Å². The lowest BCUT2D eigenvalue weighted by Crippen LogP contribution is -2.39. The van der Waals surface area contributed by atoms with E-state index in [-0.39, 0.29) is 12.1 Å². The molecule has 0 amide bonds. The maximum Gasteiger partial charge on any atom is 0.0951 e. The molecule has 1 N–H and O–H groups in total. The van der Waals surface area contributed by atoms with Crippen LogP contribution < -0.4 is 0 Å². The fourth-order valence-electron chi connectivity index (χ4n) is 3.03. The Morgan fingerprint density at radius 3 is 2.58 bits per heavy atom. The largest absolute Gasteiger partial charge is 0.387 e.